The van der Waals surface area contributed by atoms with Crippen LogP contribution in [0.2, 0.25) is 0 Å². The predicted octanol–water partition coefficient (Wildman–Crippen LogP) is 4.07. The van der Waals surface area contributed by atoms with Crippen molar-refractivity contribution >= 4 is 23.1 Å². The number of carbonyl (C=O) groups excluding carboxylic acids is 1. The number of amides is 1. The summed E-state index contributed by atoms with van der Waals surface area (Å²) in [4.78, 5) is 20.7. The largest absolute Gasteiger partial charge is 0.497 e. The van der Waals surface area contributed by atoms with Crippen LogP contribution in [-0.2, 0) is 0 Å². The summed E-state index contributed by atoms with van der Waals surface area (Å²) in [5.74, 6) is -0.764. The molecule has 2 aromatic carbocycles. The third kappa shape index (κ3) is 4.55. The number of rotatable bonds is 5. The van der Waals surface area contributed by atoms with Crippen molar-refractivity contribution in [2.24, 2.45) is 0 Å². The molecular formula is C19H16F2N4O2. The first-order valence-electron chi connectivity index (χ1n) is 7.98. The highest BCUT2D eigenvalue weighted by Gasteiger charge is 2.13. The predicted molar refractivity (Wildman–Crippen MR) is 97.4 cm³/mol. The number of aromatic nitrogens is 2. The van der Waals surface area contributed by atoms with Gasteiger partial charge >= 0.3 is 0 Å². The van der Waals surface area contributed by atoms with E-state index in [2.05, 4.69) is 20.6 Å². The number of halogens is 2. The average Bonchev–Trinajstić information content (AvgIpc) is 2.64. The second-order valence-corrected chi connectivity index (χ2v) is 5.62. The highest BCUT2D eigenvalue weighted by molar-refractivity contribution is 6.03. The van der Waals surface area contributed by atoms with Gasteiger partial charge in [0.1, 0.15) is 34.7 Å². The molecular weight excluding hydrogens is 354 g/mol. The van der Waals surface area contributed by atoms with Gasteiger partial charge in [-0.2, -0.15) is 0 Å². The van der Waals surface area contributed by atoms with Crippen molar-refractivity contribution in [3.8, 4) is 5.75 Å². The molecule has 0 spiro atoms. The molecule has 0 saturated carbocycles. The van der Waals surface area contributed by atoms with Crippen molar-refractivity contribution in [2.45, 2.75) is 6.92 Å². The van der Waals surface area contributed by atoms with Crippen molar-refractivity contribution in [2.75, 3.05) is 17.7 Å². The molecule has 3 rings (SSSR count). The summed E-state index contributed by atoms with van der Waals surface area (Å²) in [6.45, 7) is 1.63. The number of methoxy groups -OCH3 is 1. The Hall–Kier alpha value is -3.55. The van der Waals surface area contributed by atoms with E-state index in [9.17, 15) is 13.6 Å². The third-order valence-electron chi connectivity index (χ3n) is 3.61. The zero-order valence-electron chi connectivity index (χ0n) is 14.6. The zero-order valence-corrected chi connectivity index (χ0v) is 14.6. The minimum atomic E-state index is -0.870. The van der Waals surface area contributed by atoms with Gasteiger partial charge in [0, 0.05) is 17.8 Å². The number of nitrogens with zero attached hydrogens (tertiary/aromatic N) is 2. The monoisotopic (exact) mass is 370 g/mol. The summed E-state index contributed by atoms with van der Waals surface area (Å²) in [5.41, 5.74) is 0.648. The van der Waals surface area contributed by atoms with E-state index in [1.54, 1.807) is 38.3 Å². The molecule has 0 aliphatic heterocycles. The zero-order chi connectivity index (χ0) is 19.4. The van der Waals surface area contributed by atoms with Crippen LogP contribution in [0.15, 0.2) is 48.5 Å². The molecule has 0 radical (unpaired) electrons. The maximum atomic E-state index is 13.7. The third-order valence-corrected chi connectivity index (χ3v) is 3.61. The molecule has 0 atom stereocenters. The molecule has 0 unspecified atom stereocenters. The maximum Gasteiger partial charge on any atom is 0.274 e. The quantitative estimate of drug-likeness (QED) is 0.708. The molecule has 6 nitrogen and oxygen atoms in total. The van der Waals surface area contributed by atoms with Crippen LogP contribution in [0.25, 0.3) is 0 Å². The summed E-state index contributed by atoms with van der Waals surface area (Å²) >= 11 is 0. The lowest BCUT2D eigenvalue weighted by molar-refractivity contribution is 0.102. The highest BCUT2D eigenvalue weighted by atomic mass is 19.1. The van der Waals surface area contributed by atoms with E-state index in [0.29, 0.717) is 23.5 Å². The van der Waals surface area contributed by atoms with Gasteiger partial charge in [0.05, 0.1) is 12.8 Å². The Morgan fingerprint density at radius 2 is 1.78 bits per heavy atom. The molecule has 2 N–H and O–H groups in total. The number of ether oxygens (including phenoxy) is 1. The van der Waals surface area contributed by atoms with Gasteiger partial charge in [0.15, 0.2) is 0 Å². The molecule has 1 amide bonds. The van der Waals surface area contributed by atoms with Crippen LogP contribution < -0.4 is 15.4 Å². The second kappa shape index (κ2) is 7.77. The van der Waals surface area contributed by atoms with Crippen LogP contribution in [-0.4, -0.2) is 23.0 Å². The number of carbonyl (C=O) groups is 1. The van der Waals surface area contributed by atoms with Crippen LogP contribution in [0, 0.1) is 18.6 Å². The molecule has 27 heavy (non-hydrogen) atoms. The smallest absolute Gasteiger partial charge is 0.274 e. The molecule has 0 aliphatic rings. The fourth-order valence-corrected chi connectivity index (χ4v) is 2.35. The molecule has 0 saturated heterocycles. The molecule has 138 valence electrons. The SMILES string of the molecule is COc1ccc(Nc2cc(C(=O)Nc3ccc(F)cc3F)nc(C)n2)cc1. The summed E-state index contributed by atoms with van der Waals surface area (Å²) < 4.78 is 31.8. The normalized spacial score (nSPS) is 10.4. The number of hydrogen-bond donors (Lipinski definition) is 2. The number of hydrogen-bond acceptors (Lipinski definition) is 5. The van der Waals surface area contributed by atoms with Gasteiger partial charge in [0.2, 0.25) is 0 Å². The van der Waals surface area contributed by atoms with E-state index < -0.39 is 17.5 Å². The lowest BCUT2D eigenvalue weighted by Gasteiger charge is -2.10. The first-order valence-corrected chi connectivity index (χ1v) is 7.98. The Morgan fingerprint density at radius 3 is 2.44 bits per heavy atom. The molecule has 1 aromatic heterocycles. The summed E-state index contributed by atoms with van der Waals surface area (Å²) in [5, 5.41) is 5.44. The summed E-state index contributed by atoms with van der Waals surface area (Å²) in [7, 11) is 1.57. The van der Waals surface area contributed by atoms with Crippen molar-refractivity contribution in [1.82, 2.24) is 9.97 Å². The molecule has 1 heterocycles. The minimum Gasteiger partial charge on any atom is -0.497 e. The number of aryl methyl sites for hydroxylation is 1. The minimum absolute atomic E-state index is 0.0437. The van der Waals surface area contributed by atoms with Crippen molar-refractivity contribution in [3.63, 3.8) is 0 Å². The van der Waals surface area contributed by atoms with Gasteiger partial charge in [0.25, 0.3) is 5.91 Å². The molecule has 0 aliphatic carbocycles. The Balaban J connectivity index is 1.80. The lowest BCUT2D eigenvalue weighted by atomic mass is 10.2. The Bertz CT molecular complexity index is 978. The van der Waals surface area contributed by atoms with E-state index in [1.807, 2.05) is 0 Å². The standard InChI is InChI=1S/C19H16F2N4O2/c1-11-22-17(19(26)25-16-8-3-12(20)9-15(16)21)10-18(23-11)24-13-4-6-14(27-2)7-5-13/h3-10H,1-2H3,(H,25,26)(H,22,23,24). The van der Waals surface area contributed by atoms with Crippen LogP contribution in [0.4, 0.5) is 26.0 Å². The van der Waals surface area contributed by atoms with Gasteiger partial charge in [-0.15, -0.1) is 0 Å². The molecule has 8 heteroatoms. The van der Waals surface area contributed by atoms with Gasteiger partial charge < -0.3 is 15.4 Å². The number of nitrogens with one attached hydrogen (secondary N) is 2. The van der Waals surface area contributed by atoms with Gasteiger partial charge in [-0.05, 0) is 43.3 Å². The average molecular weight is 370 g/mol. The molecule has 3 aromatic rings. The maximum absolute atomic E-state index is 13.7. The Morgan fingerprint density at radius 1 is 1.04 bits per heavy atom. The van der Waals surface area contributed by atoms with E-state index >= 15 is 0 Å². The van der Waals surface area contributed by atoms with E-state index in [4.69, 9.17) is 4.74 Å². The van der Waals surface area contributed by atoms with E-state index in [0.717, 1.165) is 17.8 Å². The first kappa shape index (κ1) is 18.2. The number of benzene rings is 2. The van der Waals surface area contributed by atoms with Crippen LogP contribution in [0.3, 0.4) is 0 Å². The Kier molecular flexibility index (Phi) is 5.25. The van der Waals surface area contributed by atoms with E-state index in [1.165, 1.54) is 6.07 Å². The van der Waals surface area contributed by atoms with Crippen molar-refractivity contribution in [1.29, 1.82) is 0 Å². The highest BCUT2D eigenvalue weighted by Crippen LogP contribution is 2.20. The van der Waals surface area contributed by atoms with Crippen LogP contribution in [0.1, 0.15) is 16.3 Å². The van der Waals surface area contributed by atoms with Crippen molar-refractivity contribution in [3.05, 3.63) is 71.7 Å². The van der Waals surface area contributed by atoms with E-state index in [-0.39, 0.29) is 11.4 Å². The lowest BCUT2D eigenvalue weighted by Crippen LogP contribution is -2.16. The van der Waals surface area contributed by atoms with Gasteiger partial charge in [-0.3, -0.25) is 4.79 Å². The van der Waals surface area contributed by atoms with Crippen LogP contribution in [0.5, 0.6) is 5.75 Å². The molecule has 0 bridgehead atoms. The van der Waals surface area contributed by atoms with Gasteiger partial charge in [-0.25, -0.2) is 18.7 Å². The molecule has 0 fully saturated rings. The van der Waals surface area contributed by atoms with Crippen molar-refractivity contribution < 1.29 is 18.3 Å². The van der Waals surface area contributed by atoms with Crippen LogP contribution >= 0.6 is 0 Å². The Labute approximate surface area is 154 Å². The fraction of sp³-hybridized carbons (Fsp3) is 0.105. The number of anilines is 3. The summed E-state index contributed by atoms with van der Waals surface area (Å²) in [6.07, 6.45) is 0. The first-order chi connectivity index (χ1) is 12.9. The fourth-order valence-electron chi connectivity index (χ4n) is 2.35. The second-order valence-electron chi connectivity index (χ2n) is 5.62. The topological polar surface area (TPSA) is 76.1 Å². The summed E-state index contributed by atoms with van der Waals surface area (Å²) in [6, 6.07) is 11.5. The van der Waals surface area contributed by atoms with Gasteiger partial charge in [-0.1, -0.05) is 0 Å².